The van der Waals surface area contributed by atoms with Crippen molar-refractivity contribution in [3.8, 4) is 22.6 Å². The van der Waals surface area contributed by atoms with E-state index in [1.165, 1.54) is 6.07 Å². The van der Waals surface area contributed by atoms with Gasteiger partial charge in [-0.15, -0.1) is 0 Å². The molecule has 0 spiro atoms. The van der Waals surface area contributed by atoms with Gasteiger partial charge in [-0.1, -0.05) is 30.3 Å². The van der Waals surface area contributed by atoms with E-state index in [-0.39, 0.29) is 23.3 Å². The first-order valence-electron chi connectivity index (χ1n) is 11.6. The first kappa shape index (κ1) is 24.1. The van der Waals surface area contributed by atoms with Gasteiger partial charge in [-0.05, 0) is 79.5 Å². The van der Waals surface area contributed by atoms with Crippen LogP contribution in [-0.2, 0) is 11.3 Å². The number of methoxy groups -OCH3 is 1. The van der Waals surface area contributed by atoms with E-state index >= 15 is 0 Å². The van der Waals surface area contributed by atoms with Crippen LogP contribution in [0.15, 0.2) is 54.6 Å². The van der Waals surface area contributed by atoms with E-state index in [0.717, 1.165) is 18.4 Å². The maximum atomic E-state index is 15.0. The van der Waals surface area contributed by atoms with Crippen LogP contribution in [0, 0.1) is 17.5 Å². The van der Waals surface area contributed by atoms with Crippen LogP contribution in [-0.4, -0.2) is 19.8 Å². The van der Waals surface area contributed by atoms with Gasteiger partial charge in [0, 0.05) is 5.56 Å². The normalized spacial score (nSPS) is 18.0. The molecule has 1 saturated carbocycles. The van der Waals surface area contributed by atoms with Crippen molar-refractivity contribution in [1.29, 1.82) is 0 Å². The third-order valence-electron chi connectivity index (χ3n) is 6.41. The summed E-state index contributed by atoms with van der Waals surface area (Å²) in [6.07, 6.45) is 2.91. The Bertz CT molecular complexity index is 1110. The summed E-state index contributed by atoms with van der Waals surface area (Å²) < 4.78 is 60.3. The van der Waals surface area contributed by atoms with E-state index in [0.29, 0.717) is 42.9 Å². The fraction of sp³-hybridized carbons (Fsp3) is 0.357. The van der Waals surface area contributed by atoms with Gasteiger partial charge in [-0.25, -0.2) is 13.2 Å². The largest absolute Gasteiger partial charge is 0.497 e. The van der Waals surface area contributed by atoms with Crippen LogP contribution in [0.2, 0.25) is 0 Å². The standard InChI is InChI=1S/C28H29F3O3/c1-3-33-26-15-4-18(16-25(26)29)17-34-22-11-7-20(8-12-22)24-14-13-23(27(30)28(24)31)19-5-9-21(32-2)10-6-19/h4-6,9-10,13-16,20,22H,3,7-8,11-12,17H2,1-2H3. The van der Waals surface area contributed by atoms with Crippen LogP contribution in [0.3, 0.4) is 0 Å². The van der Waals surface area contributed by atoms with Crippen molar-refractivity contribution in [2.75, 3.05) is 13.7 Å². The molecule has 3 aromatic rings. The zero-order valence-electron chi connectivity index (χ0n) is 19.5. The van der Waals surface area contributed by atoms with Crippen LogP contribution in [0.25, 0.3) is 11.1 Å². The summed E-state index contributed by atoms with van der Waals surface area (Å²) in [5, 5.41) is 0. The predicted octanol–water partition coefficient (Wildman–Crippen LogP) is 7.42. The van der Waals surface area contributed by atoms with Crippen molar-refractivity contribution < 1.29 is 27.4 Å². The highest BCUT2D eigenvalue weighted by Gasteiger charge is 2.27. The van der Waals surface area contributed by atoms with Crippen molar-refractivity contribution in [3.63, 3.8) is 0 Å². The van der Waals surface area contributed by atoms with Crippen LogP contribution in [0.5, 0.6) is 11.5 Å². The number of hydrogen-bond donors (Lipinski definition) is 0. The lowest BCUT2D eigenvalue weighted by molar-refractivity contribution is 0.0130. The van der Waals surface area contributed by atoms with Crippen molar-refractivity contribution in [2.24, 2.45) is 0 Å². The quantitative estimate of drug-likeness (QED) is 0.343. The lowest BCUT2D eigenvalue weighted by atomic mass is 9.82. The summed E-state index contributed by atoms with van der Waals surface area (Å²) in [6, 6.07) is 15.1. The number of rotatable bonds is 8. The van der Waals surface area contributed by atoms with Crippen molar-refractivity contribution in [1.82, 2.24) is 0 Å². The third-order valence-corrected chi connectivity index (χ3v) is 6.41. The first-order chi connectivity index (χ1) is 16.5. The molecular formula is C28H29F3O3. The second-order valence-electron chi connectivity index (χ2n) is 8.54. The van der Waals surface area contributed by atoms with Crippen LogP contribution >= 0.6 is 0 Å². The van der Waals surface area contributed by atoms with Crippen molar-refractivity contribution in [3.05, 3.63) is 83.2 Å². The Balaban J connectivity index is 1.35. The van der Waals surface area contributed by atoms with Gasteiger partial charge in [-0.2, -0.15) is 0 Å². The summed E-state index contributed by atoms with van der Waals surface area (Å²) in [5.41, 5.74) is 2.00. The molecule has 0 aliphatic heterocycles. The van der Waals surface area contributed by atoms with Gasteiger partial charge in [0.1, 0.15) is 5.75 Å². The first-order valence-corrected chi connectivity index (χ1v) is 11.6. The topological polar surface area (TPSA) is 27.7 Å². The van der Waals surface area contributed by atoms with E-state index in [9.17, 15) is 13.2 Å². The Labute approximate surface area is 198 Å². The lowest BCUT2D eigenvalue weighted by Gasteiger charge is -2.29. The molecule has 0 atom stereocenters. The molecule has 6 heteroatoms. The molecule has 0 unspecified atom stereocenters. The Morgan fingerprint density at radius 3 is 2.24 bits per heavy atom. The molecule has 4 rings (SSSR count). The average Bonchev–Trinajstić information content (AvgIpc) is 2.86. The van der Waals surface area contributed by atoms with Crippen molar-refractivity contribution >= 4 is 0 Å². The fourth-order valence-corrected chi connectivity index (χ4v) is 4.53. The van der Waals surface area contributed by atoms with E-state index in [1.807, 2.05) is 6.92 Å². The molecule has 1 aliphatic rings. The monoisotopic (exact) mass is 470 g/mol. The highest BCUT2D eigenvalue weighted by Crippen LogP contribution is 2.38. The minimum atomic E-state index is -0.821. The van der Waals surface area contributed by atoms with E-state index < -0.39 is 17.5 Å². The van der Waals surface area contributed by atoms with Gasteiger partial charge >= 0.3 is 0 Å². The summed E-state index contributed by atoms with van der Waals surface area (Å²) in [4.78, 5) is 0. The highest BCUT2D eigenvalue weighted by atomic mass is 19.2. The summed E-state index contributed by atoms with van der Waals surface area (Å²) in [5.74, 6) is -1.16. The van der Waals surface area contributed by atoms with Crippen LogP contribution < -0.4 is 9.47 Å². The van der Waals surface area contributed by atoms with Gasteiger partial charge in [-0.3, -0.25) is 0 Å². The molecule has 180 valence electrons. The minimum absolute atomic E-state index is 0.0114. The molecule has 34 heavy (non-hydrogen) atoms. The Morgan fingerprint density at radius 1 is 0.853 bits per heavy atom. The van der Waals surface area contributed by atoms with E-state index in [4.69, 9.17) is 14.2 Å². The SMILES string of the molecule is CCOc1ccc(COC2CCC(c3ccc(-c4ccc(OC)cc4)c(F)c3F)CC2)cc1F. The molecule has 0 N–H and O–H groups in total. The summed E-state index contributed by atoms with van der Waals surface area (Å²) in [6.45, 7) is 2.52. The van der Waals surface area contributed by atoms with E-state index in [1.54, 1.807) is 55.6 Å². The van der Waals surface area contributed by atoms with Crippen molar-refractivity contribution in [2.45, 2.75) is 51.2 Å². The fourth-order valence-electron chi connectivity index (χ4n) is 4.53. The Morgan fingerprint density at radius 2 is 1.59 bits per heavy atom. The molecule has 0 aromatic heterocycles. The molecule has 1 aliphatic carbocycles. The van der Waals surface area contributed by atoms with Gasteiger partial charge in [0.2, 0.25) is 0 Å². The molecule has 0 saturated heterocycles. The van der Waals surface area contributed by atoms with Gasteiger partial charge < -0.3 is 14.2 Å². The summed E-state index contributed by atoms with van der Waals surface area (Å²) in [7, 11) is 1.56. The molecule has 0 bridgehead atoms. The third kappa shape index (κ3) is 5.39. The number of ether oxygens (including phenoxy) is 3. The van der Waals surface area contributed by atoms with Gasteiger partial charge in [0.25, 0.3) is 0 Å². The smallest absolute Gasteiger partial charge is 0.166 e. The molecule has 3 nitrogen and oxygen atoms in total. The molecule has 0 heterocycles. The molecular weight excluding hydrogens is 441 g/mol. The molecule has 1 fully saturated rings. The van der Waals surface area contributed by atoms with Crippen LogP contribution in [0.4, 0.5) is 13.2 Å². The second-order valence-corrected chi connectivity index (χ2v) is 8.54. The maximum Gasteiger partial charge on any atom is 0.166 e. The zero-order chi connectivity index (χ0) is 24.1. The number of halogens is 3. The molecule has 0 radical (unpaired) electrons. The minimum Gasteiger partial charge on any atom is -0.497 e. The second kappa shape index (κ2) is 11.0. The number of hydrogen-bond acceptors (Lipinski definition) is 3. The Hall–Kier alpha value is -2.99. The maximum absolute atomic E-state index is 15.0. The van der Waals surface area contributed by atoms with Gasteiger partial charge in [0.15, 0.2) is 23.2 Å². The average molecular weight is 471 g/mol. The van der Waals surface area contributed by atoms with Gasteiger partial charge in [0.05, 0.1) is 26.4 Å². The Kier molecular flexibility index (Phi) is 7.78. The van der Waals surface area contributed by atoms with Crippen LogP contribution in [0.1, 0.15) is 49.7 Å². The predicted molar refractivity (Wildman–Crippen MR) is 126 cm³/mol. The number of benzene rings is 3. The van der Waals surface area contributed by atoms with E-state index in [2.05, 4.69) is 0 Å². The molecule has 0 amide bonds. The lowest BCUT2D eigenvalue weighted by Crippen LogP contribution is -2.21. The zero-order valence-corrected chi connectivity index (χ0v) is 19.5. The molecule has 3 aromatic carbocycles. The highest BCUT2D eigenvalue weighted by molar-refractivity contribution is 5.65. The summed E-state index contributed by atoms with van der Waals surface area (Å²) >= 11 is 0.